The minimum atomic E-state index is -2.50. The van der Waals surface area contributed by atoms with Crippen molar-refractivity contribution in [3.8, 4) is 0 Å². The van der Waals surface area contributed by atoms with Gasteiger partial charge in [0, 0.05) is 0 Å². The molecule has 14 heavy (non-hydrogen) atoms. The maximum atomic E-state index is 13.1. The lowest BCUT2D eigenvalue weighted by atomic mass is 10.2. The van der Waals surface area contributed by atoms with E-state index in [4.69, 9.17) is 0 Å². The van der Waals surface area contributed by atoms with E-state index >= 15 is 0 Å². The van der Waals surface area contributed by atoms with Crippen LogP contribution in [0, 0.1) is 12.7 Å². The lowest BCUT2D eigenvalue weighted by Gasteiger charge is -2.14. The lowest BCUT2D eigenvalue weighted by Crippen LogP contribution is -2.24. The smallest absolute Gasteiger partial charge is 0.258 e. The summed E-state index contributed by atoms with van der Waals surface area (Å²) < 4.78 is 37.4. The molecular weight excluding hydrogens is 191 g/mol. The van der Waals surface area contributed by atoms with Crippen molar-refractivity contribution in [1.82, 2.24) is 0 Å². The van der Waals surface area contributed by atoms with Crippen LogP contribution in [0.5, 0.6) is 0 Å². The van der Waals surface area contributed by atoms with Crippen LogP contribution < -0.4 is 5.32 Å². The van der Waals surface area contributed by atoms with Crippen molar-refractivity contribution in [2.24, 2.45) is 0 Å². The number of hydrogen-bond donors (Lipinski definition) is 1. The first-order valence-electron chi connectivity index (χ1n) is 4.31. The van der Waals surface area contributed by atoms with Gasteiger partial charge < -0.3 is 5.32 Å². The molecule has 0 fully saturated rings. The molecule has 0 aromatic heterocycles. The Morgan fingerprint density at radius 1 is 1.29 bits per heavy atom. The van der Waals surface area contributed by atoms with E-state index in [1.165, 1.54) is 19.1 Å². The zero-order valence-electron chi connectivity index (χ0n) is 8.02. The average molecular weight is 203 g/mol. The lowest BCUT2D eigenvalue weighted by molar-refractivity contribution is 0.130. The average Bonchev–Trinajstić information content (AvgIpc) is 2.11. The number of aryl methyl sites for hydroxylation is 1. The standard InChI is InChI=1S/C10H12F3N/c1-6-3-4-8(11)9(5-6)14-7(2)10(12)13/h3-5,7,10,14H,1-2H3. The molecule has 0 saturated heterocycles. The van der Waals surface area contributed by atoms with E-state index in [0.29, 0.717) is 0 Å². The summed E-state index contributed by atoms with van der Waals surface area (Å²) in [6, 6.07) is 3.31. The largest absolute Gasteiger partial charge is 0.375 e. The highest BCUT2D eigenvalue weighted by molar-refractivity contribution is 5.47. The summed E-state index contributed by atoms with van der Waals surface area (Å²) >= 11 is 0. The van der Waals surface area contributed by atoms with Crippen molar-refractivity contribution in [2.45, 2.75) is 26.3 Å². The van der Waals surface area contributed by atoms with Crippen LogP contribution in [0.25, 0.3) is 0 Å². The van der Waals surface area contributed by atoms with E-state index < -0.39 is 18.3 Å². The van der Waals surface area contributed by atoms with Gasteiger partial charge in [-0.1, -0.05) is 6.07 Å². The predicted molar refractivity (Wildman–Crippen MR) is 50.2 cm³/mol. The molecule has 4 heteroatoms. The first-order valence-corrected chi connectivity index (χ1v) is 4.31. The molecule has 0 bridgehead atoms. The molecule has 1 N–H and O–H groups in total. The maximum Gasteiger partial charge on any atom is 0.258 e. The Balaban J connectivity index is 2.80. The van der Waals surface area contributed by atoms with Crippen LogP contribution in [0.3, 0.4) is 0 Å². The summed E-state index contributed by atoms with van der Waals surface area (Å²) in [6.07, 6.45) is -2.50. The molecule has 1 atom stereocenters. The molecular formula is C10H12F3N. The van der Waals surface area contributed by atoms with Crippen molar-refractivity contribution in [1.29, 1.82) is 0 Å². The molecule has 0 spiro atoms. The van der Waals surface area contributed by atoms with Crippen LogP contribution in [0.2, 0.25) is 0 Å². The van der Waals surface area contributed by atoms with Gasteiger partial charge in [0.1, 0.15) is 5.82 Å². The van der Waals surface area contributed by atoms with Gasteiger partial charge in [0.25, 0.3) is 6.43 Å². The summed E-state index contributed by atoms with van der Waals surface area (Å²) in [4.78, 5) is 0. The highest BCUT2D eigenvalue weighted by Crippen LogP contribution is 2.18. The second-order valence-corrected chi connectivity index (χ2v) is 3.25. The second-order valence-electron chi connectivity index (χ2n) is 3.25. The van der Waals surface area contributed by atoms with E-state index in [1.807, 2.05) is 0 Å². The van der Waals surface area contributed by atoms with Crippen molar-refractivity contribution in [2.75, 3.05) is 5.32 Å². The van der Waals surface area contributed by atoms with Crippen LogP contribution in [0.4, 0.5) is 18.9 Å². The number of benzene rings is 1. The van der Waals surface area contributed by atoms with Gasteiger partial charge in [0.05, 0.1) is 11.7 Å². The summed E-state index contributed by atoms with van der Waals surface area (Å²) in [5.41, 5.74) is 0.952. The first kappa shape index (κ1) is 10.9. The van der Waals surface area contributed by atoms with Crippen LogP contribution in [0.1, 0.15) is 12.5 Å². The topological polar surface area (TPSA) is 12.0 Å². The van der Waals surface area contributed by atoms with Crippen LogP contribution in [-0.4, -0.2) is 12.5 Å². The van der Waals surface area contributed by atoms with E-state index in [0.717, 1.165) is 5.56 Å². The number of rotatable bonds is 3. The summed E-state index contributed by atoms with van der Waals surface area (Å²) in [5, 5.41) is 2.43. The fourth-order valence-electron chi connectivity index (χ4n) is 1.06. The van der Waals surface area contributed by atoms with Crippen molar-refractivity contribution in [3.63, 3.8) is 0 Å². The minimum Gasteiger partial charge on any atom is -0.375 e. The Bertz CT molecular complexity index is 312. The zero-order valence-corrected chi connectivity index (χ0v) is 8.02. The molecule has 1 rings (SSSR count). The SMILES string of the molecule is Cc1ccc(F)c(NC(C)C(F)F)c1. The van der Waals surface area contributed by atoms with Crippen LogP contribution >= 0.6 is 0 Å². The van der Waals surface area contributed by atoms with E-state index in [2.05, 4.69) is 5.32 Å². The predicted octanol–water partition coefficient (Wildman–Crippen LogP) is 3.20. The molecule has 0 aliphatic carbocycles. The van der Waals surface area contributed by atoms with Gasteiger partial charge in [0.2, 0.25) is 0 Å². The number of nitrogens with one attached hydrogen (secondary N) is 1. The monoisotopic (exact) mass is 203 g/mol. The molecule has 0 amide bonds. The third-order valence-corrected chi connectivity index (χ3v) is 1.88. The van der Waals surface area contributed by atoms with Gasteiger partial charge in [-0.3, -0.25) is 0 Å². The number of alkyl halides is 2. The number of anilines is 1. The fourth-order valence-corrected chi connectivity index (χ4v) is 1.06. The van der Waals surface area contributed by atoms with Crippen LogP contribution in [-0.2, 0) is 0 Å². The Morgan fingerprint density at radius 3 is 2.50 bits per heavy atom. The van der Waals surface area contributed by atoms with E-state index in [9.17, 15) is 13.2 Å². The molecule has 0 aliphatic rings. The molecule has 0 saturated carbocycles. The Morgan fingerprint density at radius 2 is 1.93 bits per heavy atom. The van der Waals surface area contributed by atoms with Crippen molar-refractivity contribution < 1.29 is 13.2 Å². The normalized spacial score (nSPS) is 13.0. The number of hydrogen-bond acceptors (Lipinski definition) is 1. The molecule has 0 aliphatic heterocycles. The Labute approximate surface area is 80.9 Å². The van der Waals surface area contributed by atoms with Gasteiger partial charge in [-0.25, -0.2) is 13.2 Å². The third kappa shape index (κ3) is 2.65. The van der Waals surface area contributed by atoms with Gasteiger partial charge >= 0.3 is 0 Å². The molecule has 1 aromatic carbocycles. The minimum absolute atomic E-state index is 0.123. The summed E-state index contributed by atoms with van der Waals surface area (Å²) in [6.45, 7) is 3.09. The van der Waals surface area contributed by atoms with Crippen molar-refractivity contribution in [3.05, 3.63) is 29.6 Å². The first-order chi connectivity index (χ1) is 6.50. The molecule has 78 valence electrons. The maximum absolute atomic E-state index is 13.1. The quantitative estimate of drug-likeness (QED) is 0.795. The molecule has 0 radical (unpaired) electrons. The second kappa shape index (κ2) is 4.35. The summed E-state index contributed by atoms with van der Waals surface area (Å²) in [5.74, 6) is -0.511. The highest BCUT2D eigenvalue weighted by Gasteiger charge is 2.15. The zero-order chi connectivity index (χ0) is 10.7. The Hall–Kier alpha value is -1.19. The van der Waals surface area contributed by atoms with Crippen LogP contribution in [0.15, 0.2) is 18.2 Å². The number of halogens is 3. The van der Waals surface area contributed by atoms with Gasteiger partial charge in [-0.15, -0.1) is 0 Å². The molecule has 1 aromatic rings. The Kier molecular flexibility index (Phi) is 3.38. The van der Waals surface area contributed by atoms with E-state index in [1.54, 1.807) is 13.0 Å². The highest BCUT2D eigenvalue weighted by atomic mass is 19.3. The molecule has 0 heterocycles. The fraction of sp³-hybridized carbons (Fsp3) is 0.400. The van der Waals surface area contributed by atoms with E-state index in [-0.39, 0.29) is 5.69 Å². The molecule has 1 nitrogen and oxygen atoms in total. The summed E-state index contributed by atoms with van der Waals surface area (Å²) in [7, 11) is 0. The third-order valence-electron chi connectivity index (χ3n) is 1.88. The van der Waals surface area contributed by atoms with Gasteiger partial charge in [0.15, 0.2) is 0 Å². The van der Waals surface area contributed by atoms with Gasteiger partial charge in [-0.05, 0) is 31.5 Å². The van der Waals surface area contributed by atoms with Crippen molar-refractivity contribution >= 4 is 5.69 Å². The molecule has 1 unspecified atom stereocenters. The van der Waals surface area contributed by atoms with Gasteiger partial charge in [-0.2, -0.15) is 0 Å².